The van der Waals surface area contributed by atoms with Crippen LogP contribution in [0.2, 0.25) is 0 Å². The lowest BCUT2D eigenvalue weighted by atomic mass is 10.2. The zero-order valence-corrected chi connectivity index (χ0v) is 31.1. The van der Waals surface area contributed by atoms with Crippen LogP contribution in [0.5, 0.6) is 23.0 Å². The minimum atomic E-state index is -0.554. The summed E-state index contributed by atoms with van der Waals surface area (Å²) in [5, 5.41) is 11.9. The number of carbonyl (C=O) groups is 5. The van der Waals surface area contributed by atoms with Gasteiger partial charge in [0.25, 0.3) is 23.6 Å². The molecule has 14 nitrogen and oxygen atoms in total. The first-order valence-corrected chi connectivity index (χ1v) is 17.4. The molecule has 2 N–H and O–H groups in total. The first-order chi connectivity index (χ1) is 26.1. The lowest BCUT2D eigenvalue weighted by Gasteiger charge is -2.13. The maximum atomic E-state index is 11.9. The standard InChI is InChI=1S/C20H24N2O5.C10H12N2O3.C10H12O2/c1-3-7-15-8-9-16(17(14-15)26-2)27-20(25)21-12-5-4-6-13-22-18(23)10-11-19(22)24;13-8-11-6-2-1-3-7-12-9(14)4-5-10(12)15;1-3-4-8-5-6-9(11)10(7-8)12-2/h3,7-11,14H,4-6,12-13H2,1-2H3,(H,21,25);4-5H,1-3,6-7H2;3-7,11H,1-2H3. The molecule has 0 saturated heterocycles. The second kappa shape index (κ2) is 24.8. The first-order valence-electron chi connectivity index (χ1n) is 17.4. The highest BCUT2D eigenvalue weighted by Crippen LogP contribution is 2.29. The van der Waals surface area contributed by atoms with Gasteiger partial charge < -0.3 is 24.6 Å². The summed E-state index contributed by atoms with van der Waals surface area (Å²) in [7, 11) is 3.05. The number of carbonyl (C=O) groups excluding carboxylic acids is 6. The van der Waals surface area contributed by atoms with Gasteiger partial charge >= 0.3 is 6.09 Å². The summed E-state index contributed by atoms with van der Waals surface area (Å²) < 4.78 is 15.5. The zero-order valence-electron chi connectivity index (χ0n) is 31.1. The molecule has 0 aromatic heterocycles. The van der Waals surface area contributed by atoms with Gasteiger partial charge in [0.2, 0.25) is 6.08 Å². The van der Waals surface area contributed by atoms with E-state index in [9.17, 15) is 33.9 Å². The third kappa shape index (κ3) is 15.5. The topological polar surface area (TPSA) is 181 Å². The van der Waals surface area contributed by atoms with Crippen LogP contribution in [0, 0.1) is 0 Å². The third-order valence-corrected chi connectivity index (χ3v) is 7.66. The summed E-state index contributed by atoms with van der Waals surface area (Å²) >= 11 is 0. The number of amides is 5. The monoisotopic (exact) mass is 744 g/mol. The minimum absolute atomic E-state index is 0.172. The quantitative estimate of drug-likeness (QED) is 0.0875. The van der Waals surface area contributed by atoms with Gasteiger partial charge in [0.05, 0.1) is 20.8 Å². The van der Waals surface area contributed by atoms with Gasteiger partial charge in [0.1, 0.15) is 0 Å². The summed E-state index contributed by atoms with van der Waals surface area (Å²) in [6.45, 7) is 5.60. The molecule has 288 valence electrons. The van der Waals surface area contributed by atoms with E-state index in [0.29, 0.717) is 49.8 Å². The molecule has 2 aromatic carbocycles. The number of unbranched alkanes of at least 4 members (excludes halogenated alkanes) is 4. The second-order valence-electron chi connectivity index (χ2n) is 11.6. The summed E-state index contributed by atoms with van der Waals surface area (Å²) in [6.07, 6.45) is 18.3. The number of nitrogens with one attached hydrogen (secondary N) is 1. The number of methoxy groups -OCH3 is 2. The highest BCUT2D eigenvalue weighted by Gasteiger charge is 2.23. The van der Waals surface area contributed by atoms with Crippen LogP contribution in [-0.4, -0.2) is 91.1 Å². The number of imide groups is 2. The molecule has 4 rings (SSSR count). The Bertz CT molecular complexity index is 1720. The summed E-state index contributed by atoms with van der Waals surface area (Å²) in [6, 6.07) is 10.5. The van der Waals surface area contributed by atoms with Crippen molar-refractivity contribution >= 4 is 48.0 Å². The number of benzene rings is 2. The van der Waals surface area contributed by atoms with E-state index >= 15 is 0 Å². The number of isocyanates is 1. The predicted octanol–water partition coefficient (Wildman–Crippen LogP) is 5.76. The van der Waals surface area contributed by atoms with Crippen LogP contribution in [0.4, 0.5) is 4.79 Å². The lowest BCUT2D eigenvalue weighted by molar-refractivity contribution is -0.138. The largest absolute Gasteiger partial charge is 0.504 e. The van der Waals surface area contributed by atoms with E-state index in [1.54, 1.807) is 24.3 Å². The van der Waals surface area contributed by atoms with Crippen LogP contribution in [0.3, 0.4) is 0 Å². The molecule has 5 amide bonds. The average Bonchev–Trinajstić information content (AvgIpc) is 3.66. The van der Waals surface area contributed by atoms with Crippen LogP contribution in [-0.2, 0) is 24.0 Å². The SMILES string of the molecule is CC=Cc1ccc(O)c(OC)c1.CC=Cc1ccc(OC(=O)NCCCCCN2C(=O)C=CC2=O)c(OC)c1.O=C=NCCCCCN1C(=O)C=CC1=O. The van der Waals surface area contributed by atoms with Gasteiger partial charge in [0.15, 0.2) is 23.0 Å². The Balaban J connectivity index is 0.000000313. The molecule has 54 heavy (non-hydrogen) atoms. The van der Waals surface area contributed by atoms with E-state index in [2.05, 4.69) is 10.3 Å². The van der Waals surface area contributed by atoms with Gasteiger partial charge in [-0.15, -0.1) is 0 Å². The van der Waals surface area contributed by atoms with E-state index in [0.717, 1.165) is 43.2 Å². The number of phenols is 1. The molecule has 0 spiro atoms. The van der Waals surface area contributed by atoms with Gasteiger partial charge in [0, 0.05) is 43.9 Å². The number of nitrogens with zero attached hydrogens (tertiary/aromatic N) is 3. The van der Waals surface area contributed by atoms with Crippen LogP contribution in [0.25, 0.3) is 12.2 Å². The Hall–Kier alpha value is -6.27. The number of aromatic hydroxyl groups is 1. The molecule has 14 heteroatoms. The lowest BCUT2D eigenvalue weighted by Crippen LogP contribution is -2.31. The van der Waals surface area contributed by atoms with Crippen molar-refractivity contribution in [1.29, 1.82) is 0 Å². The molecule has 0 atom stereocenters. The molecular weight excluding hydrogens is 696 g/mol. The van der Waals surface area contributed by atoms with Crippen molar-refractivity contribution in [1.82, 2.24) is 15.1 Å². The molecule has 2 aliphatic rings. The highest BCUT2D eigenvalue weighted by molar-refractivity contribution is 6.13. The second-order valence-corrected chi connectivity index (χ2v) is 11.6. The van der Waals surface area contributed by atoms with Crippen LogP contribution < -0.4 is 19.5 Å². The summed E-state index contributed by atoms with van der Waals surface area (Å²) in [5.41, 5.74) is 1.97. The van der Waals surface area contributed by atoms with Crippen molar-refractivity contribution < 1.29 is 48.1 Å². The molecule has 2 aliphatic heterocycles. The molecule has 0 bridgehead atoms. The van der Waals surface area contributed by atoms with Crippen molar-refractivity contribution in [2.24, 2.45) is 4.99 Å². The van der Waals surface area contributed by atoms with Crippen LogP contribution in [0.15, 0.2) is 77.8 Å². The van der Waals surface area contributed by atoms with E-state index in [-0.39, 0.29) is 29.4 Å². The van der Waals surface area contributed by atoms with Gasteiger partial charge in [-0.05, 0) is 87.8 Å². The Morgan fingerprint density at radius 2 is 1.22 bits per heavy atom. The number of hydrogen-bond donors (Lipinski definition) is 2. The molecule has 0 radical (unpaired) electrons. The van der Waals surface area contributed by atoms with Gasteiger partial charge in [-0.2, -0.15) is 0 Å². The fourth-order valence-corrected chi connectivity index (χ4v) is 4.94. The normalized spacial score (nSPS) is 13.1. The van der Waals surface area contributed by atoms with E-state index in [1.165, 1.54) is 54.4 Å². The summed E-state index contributed by atoms with van der Waals surface area (Å²) in [5.74, 6) is 0.483. The predicted molar refractivity (Wildman–Crippen MR) is 204 cm³/mol. The fraction of sp³-hybridized carbons (Fsp3) is 0.350. The van der Waals surface area contributed by atoms with Gasteiger partial charge in [-0.25, -0.2) is 14.6 Å². The Kier molecular flexibility index (Phi) is 20.2. The number of aliphatic imine (C=N–C) groups is 1. The average molecular weight is 745 g/mol. The fourth-order valence-electron chi connectivity index (χ4n) is 4.94. The van der Waals surface area contributed by atoms with Gasteiger partial charge in [-0.3, -0.25) is 29.0 Å². The Labute approximate surface area is 315 Å². The molecule has 2 aromatic rings. The Morgan fingerprint density at radius 1 is 0.722 bits per heavy atom. The number of rotatable bonds is 17. The highest BCUT2D eigenvalue weighted by atomic mass is 16.6. The van der Waals surface area contributed by atoms with Crippen molar-refractivity contribution in [3.05, 3.63) is 84.0 Å². The molecule has 2 heterocycles. The maximum Gasteiger partial charge on any atom is 0.412 e. The third-order valence-electron chi connectivity index (χ3n) is 7.66. The van der Waals surface area contributed by atoms with Gasteiger partial charge in [-0.1, -0.05) is 36.4 Å². The van der Waals surface area contributed by atoms with E-state index in [1.807, 2.05) is 50.3 Å². The molecule has 0 unspecified atom stereocenters. The number of ether oxygens (including phenoxy) is 3. The summed E-state index contributed by atoms with van der Waals surface area (Å²) in [4.78, 5) is 72.5. The van der Waals surface area contributed by atoms with Crippen LogP contribution in [0.1, 0.15) is 63.5 Å². The molecule has 0 saturated carbocycles. The van der Waals surface area contributed by atoms with Crippen molar-refractivity contribution in [2.45, 2.75) is 52.4 Å². The van der Waals surface area contributed by atoms with Crippen molar-refractivity contribution in [3.8, 4) is 23.0 Å². The number of hydrogen-bond acceptors (Lipinski definition) is 11. The van der Waals surface area contributed by atoms with Crippen molar-refractivity contribution in [2.75, 3.05) is 40.4 Å². The van der Waals surface area contributed by atoms with E-state index in [4.69, 9.17) is 14.2 Å². The molecule has 0 fully saturated rings. The number of phenolic OH excluding ortho intramolecular Hbond substituents is 1. The first kappa shape index (κ1) is 43.9. The smallest absolute Gasteiger partial charge is 0.412 e. The molecular formula is C40H48N4O10. The van der Waals surface area contributed by atoms with E-state index < -0.39 is 6.09 Å². The minimum Gasteiger partial charge on any atom is -0.504 e. The Morgan fingerprint density at radius 3 is 1.72 bits per heavy atom. The maximum absolute atomic E-state index is 11.9. The van der Waals surface area contributed by atoms with Crippen LogP contribution >= 0.6 is 0 Å². The zero-order chi connectivity index (χ0) is 39.7. The number of allylic oxidation sites excluding steroid dienone is 2. The van der Waals surface area contributed by atoms with Crippen molar-refractivity contribution in [3.63, 3.8) is 0 Å². The molecule has 0 aliphatic carbocycles.